The van der Waals surface area contributed by atoms with Gasteiger partial charge >= 0.3 is 6.18 Å². The van der Waals surface area contributed by atoms with Gasteiger partial charge in [0.25, 0.3) is 5.91 Å². The molecule has 1 fully saturated rings. The SMILES string of the molecule is CC1=NOCc2ccc(NC(=O)C(=O)CC3(c4cccc(C(F)(F)F)c4)CC3)cc21. The van der Waals surface area contributed by atoms with E-state index in [1.807, 2.05) is 0 Å². The van der Waals surface area contributed by atoms with Crippen LogP contribution in [0, 0.1) is 0 Å². The van der Waals surface area contributed by atoms with E-state index in [1.165, 1.54) is 6.07 Å². The first-order valence-corrected chi connectivity index (χ1v) is 9.50. The number of halogens is 3. The summed E-state index contributed by atoms with van der Waals surface area (Å²) in [4.78, 5) is 30.0. The summed E-state index contributed by atoms with van der Waals surface area (Å²) < 4.78 is 39.0. The van der Waals surface area contributed by atoms with Gasteiger partial charge in [0.05, 0.1) is 11.3 Å². The minimum atomic E-state index is -4.45. The fourth-order valence-corrected chi connectivity index (χ4v) is 3.70. The average molecular weight is 416 g/mol. The fraction of sp³-hybridized carbons (Fsp3) is 0.318. The van der Waals surface area contributed by atoms with Crippen LogP contribution in [0.2, 0.25) is 0 Å². The maximum Gasteiger partial charge on any atom is 0.416 e. The molecule has 0 bridgehead atoms. The van der Waals surface area contributed by atoms with Crippen LogP contribution in [0.1, 0.15) is 48.4 Å². The van der Waals surface area contributed by atoms with Gasteiger partial charge in [0.1, 0.15) is 6.61 Å². The Bertz CT molecular complexity index is 1060. The molecule has 1 N–H and O–H groups in total. The molecular formula is C22H19F3N2O3. The molecule has 2 aliphatic rings. The molecule has 0 radical (unpaired) electrons. The maximum absolute atomic E-state index is 13.0. The molecule has 0 saturated heterocycles. The van der Waals surface area contributed by atoms with Gasteiger partial charge in [-0.3, -0.25) is 9.59 Å². The second kappa shape index (κ2) is 7.27. The van der Waals surface area contributed by atoms with Crippen LogP contribution in [-0.2, 0) is 32.6 Å². The lowest BCUT2D eigenvalue weighted by Gasteiger charge is -2.17. The molecule has 2 aromatic carbocycles. The number of Topliss-reactive ketones (excluding diaryl/α,β-unsaturated/α-hetero) is 1. The van der Waals surface area contributed by atoms with Crippen molar-refractivity contribution >= 4 is 23.1 Å². The fourth-order valence-electron chi connectivity index (χ4n) is 3.70. The summed E-state index contributed by atoms with van der Waals surface area (Å²) in [5.41, 5.74) is 1.86. The number of nitrogens with zero attached hydrogens (tertiary/aromatic N) is 1. The third-order valence-corrected chi connectivity index (χ3v) is 5.59. The van der Waals surface area contributed by atoms with E-state index in [9.17, 15) is 22.8 Å². The number of alkyl halides is 3. The Morgan fingerprint density at radius 1 is 1.17 bits per heavy atom. The molecule has 8 heteroatoms. The van der Waals surface area contributed by atoms with E-state index in [0.29, 0.717) is 36.4 Å². The second-order valence-electron chi connectivity index (χ2n) is 7.74. The van der Waals surface area contributed by atoms with Crippen molar-refractivity contribution < 1.29 is 27.6 Å². The number of nitrogens with one attached hydrogen (secondary N) is 1. The predicted molar refractivity (Wildman–Crippen MR) is 104 cm³/mol. The number of fused-ring (bicyclic) bond motifs is 1. The van der Waals surface area contributed by atoms with Gasteiger partial charge in [0.15, 0.2) is 0 Å². The number of ketones is 1. The highest BCUT2D eigenvalue weighted by atomic mass is 19.4. The number of benzene rings is 2. The average Bonchev–Trinajstić information content (AvgIpc) is 3.49. The van der Waals surface area contributed by atoms with Gasteiger partial charge in [-0.1, -0.05) is 29.4 Å². The lowest BCUT2D eigenvalue weighted by atomic mass is 9.89. The standard InChI is InChI=1S/C22H19F3N2O3/c1-13-18-10-17(6-5-14(18)12-30-27-13)26-20(29)19(28)11-21(7-8-21)15-3-2-4-16(9-15)22(23,24)25/h2-6,9-10H,7-8,11-12H2,1H3,(H,26,29). The summed E-state index contributed by atoms with van der Waals surface area (Å²) >= 11 is 0. The number of oxime groups is 1. The summed E-state index contributed by atoms with van der Waals surface area (Å²) in [6.07, 6.45) is -3.44. The van der Waals surface area contributed by atoms with E-state index in [-0.39, 0.29) is 6.42 Å². The van der Waals surface area contributed by atoms with Crippen molar-refractivity contribution in [2.75, 3.05) is 5.32 Å². The van der Waals surface area contributed by atoms with E-state index in [2.05, 4.69) is 10.5 Å². The first-order valence-electron chi connectivity index (χ1n) is 9.50. The summed E-state index contributed by atoms with van der Waals surface area (Å²) in [5.74, 6) is -1.44. The number of hydrogen-bond acceptors (Lipinski definition) is 4. The van der Waals surface area contributed by atoms with Crippen LogP contribution in [-0.4, -0.2) is 17.4 Å². The molecular weight excluding hydrogens is 397 g/mol. The molecule has 5 nitrogen and oxygen atoms in total. The van der Waals surface area contributed by atoms with Crippen LogP contribution in [0.15, 0.2) is 47.6 Å². The highest BCUT2D eigenvalue weighted by molar-refractivity contribution is 6.41. The molecule has 156 valence electrons. The Kier molecular flexibility index (Phi) is 4.88. The van der Waals surface area contributed by atoms with Crippen molar-refractivity contribution in [1.82, 2.24) is 0 Å². The number of hydrogen-bond donors (Lipinski definition) is 1. The zero-order valence-corrected chi connectivity index (χ0v) is 16.2. The summed E-state index contributed by atoms with van der Waals surface area (Å²) in [6, 6.07) is 10.2. The van der Waals surface area contributed by atoms with Gasteiger partial charge in [-0.05, 0) is 43.5 Å². The van der Waals surface area contributed by atoms with Crippen molar-refractivity contribution in [3.8, 4) is 0 Å². The molecule has 1 heterocycles. The number of rotatable bonds is 5. The number of amides is 1. The lowest BCUT2D eigenvalue weighted by molar-refractivity contribution is -0.137. The van der Waals surface area contributed by atoms with E-state index in [4.69, 9.17) is 4.84 Å². The van der Waals surface area contributed by atoms with E-state index < -0.39 is 28.8 Å². The molecule has 0 atom stereocenters. The Balaban J connectivity index is 1.46. The van der Waals surface area contributed by atoms with Crippen molar-refractivity contribution in [2.45, 2.75) is 44.4 Å². The molecule has 1 aliphatic heterocycles. The van der Waals surface area contributed by atoms with Crippen molar-refractivity contribution in [1.29, 1.82) is 0 Å². The quantitative estimate of drug-likeness (QED) is 0.725. The van der Waals surface area contributed by atoms with Crippen molar-refractivity contribution in [3.05, 3.63) is 64.7 Å². The van der Waals surface area contributed by atoms with Crippen molar-refractivity contribution in [2.24, 2.45) is 5.16 Å². The Hall–Kier alpha value is -3.16. The second-order valence-corrected chi connectivity index (χ2v) is 7.74. The number of carbonyl (C=O) groups excluding carboxylic acids is 2. The molecule has 4 rings (SSSR count). The smallest absolute Gasteiger partial charge is 0.391 e. The molecule has 1 amide bonds. The largest absolute Gasteiger partial charge is 0.416 e. The third-order valence-electron chi connectivity index (χ3n) is 5.59. The van der Waals surface area contributed by atoms with Crippen LogP contribution in [0.25, 0.3) is 0 Å². The van der Waals surface area contributed by atoms with Crippen LogP contribution < -0.4 is 5.32 Å². The summed E-state index contributed by atoms with van der Waals surface area (Å²) in [7, 11) is 0. The van der Waals surface area contributed by atoms with Gasteiger partial charge in [0, 0.05) is 28.7 Å². The van der Waals surface area contributed by atoms with E-state index in [1.54, 1.807) is 31.2 Å². The molecule has 2 aromatic rings. The van der Waals surface area contributed by atoms with E-state index in [0.717, 1.165) is 23.3 Å². The normalized spacial score (nSPS) is 16.7. The predicted octanol–water partition coefficient (Wildman–Crippen LogP) is 4.59. The third kappa shape index (κ3) is 3.94. The zero-order valence-electron chi connectivity index (χ0n) is 16.2. The molecule has 1 aliphatic carbocycles. The van der Waals surface area contributed by atoms with Gasteiger partial charge in [0.2, 0.25) is 5.78 Å². The Morgan fingerprint density at radius 3 is 2.63 bits per heavy atom. The van der Waals surface area contributed by atoms with E-state index >= 15 is 0 Å². The highest BCUT2D eigenvalue weighted by Gasteiger charge is 2.47. The minimum Gasteiger partial charge on any atom is -0.391 e. The highest BCUT2D eigenvalue weighted by Crippen LogP contribution is 2.52. The molecule has 1 saturated carbocycles. The minimum absolute atomic E-state index is 0.126. The Morgan fingerprint density at radius 2 is 1.93 bits per heavy atom. The first-order chi connectivity index (χ1) is 14.2. The monoisotopic (exact) mass is 416 g/mol. The van der Waals surface area contributed by atoms with Crippen LogP contribution in [0.4, 0.5) is 18.9 Å². The summed E-state index contributed by atoms with van der Waals surface area (Å²) in [5, 5.41) is 6.48. The van der Waals surface area contributed by atoms with Crippen molar-refractivity contribution in [3.63, 3.8) is 0 Å². The van der Waals surface area contributed by atoms with Gasteiger partial charge in [-0.25, -0.2) is 0 Å². The van der Waals surface area contributed by atoms with Gasteiger partial charge in [-0.2, -0.15) is 13.2 Å². The molecule has 0 unspecified atom stereocenters. The van der Waals surface area contributed by atoms with Gasteiger partial charge < -0.3 is 10.2 Å². The van der Waals surface area contributed by atoms with Crippen LogP contribution in [0.5, 0.6) is 0 Å². The topological polar surface area (TPSA) is 67.8 Å². The Labute approximate surface area is 170 Å². The molecule has 0 aromatic heterocycles. The van der Waals surface area contributed by atoms with Gasteiger partial charge in [-0.15, -0.1) is 0 Å². The first kappa shape index (κ1) is 20.1. The van der Waals surface area contributed by atoms with Crippen LogP contribution >= 0.6 is 0 Å². The summed E-state index contributed by atoms with van der Waals surface area (Å²) in [6.45, 7) is 2.11. The maximum atomic E-state index is 13.0. The zero-order chi connectivity index (χ0) is 21.5. The van der Waals surface area contributed by atoms with Crippen LogP contribution in [0.3, 0.4) is 0 Å². The molecule has 30 heavy (non-hydrogen) atoms. The number of anilines is 1. The number of carbonyl (C=O) groups is 2. The lowest BCUT2D eigenvalue weighted by Crippen LogP contribution is -2.27. The molecule has 0 spiro atoms.